The summed E-state index contributed by atoms with van der Waals surface area (Å²) in [6.07, 6.45) is 4.16. The molecular formula is C15H28N2O2S2. The van der Waals surface area contributed by atoms with Gasteiger partial charge < -0.3 is 5.32 Å². The fourth-order valence-electron chi connectivity index (χ4n) is 2.13. The number of rotatable bonds is 10. The molecule has 6 heteroatoms. The van der Waals surface area contributed by atoms with Gasteiger partial charge in [-0.2, -0.15) is 0 Å². The van der Waals surface area contributed by atoms with Gasteiger partial charge in [-0.25, -0.2) is 12.7 Å². The van der Waals surface area contributed by atoms with Gasteiger partial charge >= 0.3 is 0 Å². The Morgan fingerprint density at radius 1 is 1.24 bits per heavy atom. The van der Waals surface area contributed by atoms with Crippen LogP contribution in [0, 0.1) is 6.92 Å². The Hall–Kier alpha value is -0.430. The van der Waals surface area contributed by atoms with Crippen molar-refractivity contribution in [3.05, 3.63) is 15.8 Å². The average Bonchev–Trinajstić information content (AvgIpc) is 2.81. The smallest absolute Gasteiger partial charge is 0.243 e. The van der Waals surface area contributed by atoms with Crippen molar-refractivity contribution in [1.29, 1.82) is 0 Å². The second-order valence-electron chi connectivity index (χ2n) is 5.34. The maximum Gasteiger partial charge on any atom is 0.243 e. The van der Waals surface area contributed by atoms with Gasteiger partial charge in [0.2, 0.25) is 10.0 Å². The van der Waals surface area contributed by atoms with Gasteiger partial charge in [0.1, 0.15) is 0 Å². The molecule has 0 fully saturated rings. The lowest BCUT2D eigenvalue weighted by atomic mass is 10.2. The fraction of sp³-hybridized carbons (Fsp3) is 0.733. The van der Waals surface area contributed by atoms with Crippen LogP contribution >= 0.6 is 11.3 Å². The average molecular weight is 333 g/mol. The number of sulfonamides is 1. The molecule has 21 heavy (non-hydrogen) atoms. The van der Waals surface area contributed by atoms with Gasteiger partial charge in [-0.3, -0.25) is 0 Å². The normalized spacial score (nSPS) is 12.2. The van der Waals surface area contributed by atoms with Crippen LogP contribution in [0.25, 0.3) is 0 Å². The van der Waals surface area contributed by atoms with Crippen LogP contribution in [0.1, 0.15) is 49.3 Å². The van der Waals surface area contributed by atoms with Crippen molar-refractivity contribution >= 4 is 21.4 Å². The number of aryl methyl sites for hydroxylation is 1. The van der Waals surface area contributed by atoms with E-state index in [0.29, 0.717) is 11.4 Å². The Morgan fingerprint density at radius 3 is 2.57 bits per heavy atom. The molecule has 0 atom stereocenters. The maximum absolute atomic E-state index is 12.6. The molecule has 0 aliphatic carbocycles. The molecular weight excluding hydrogens is 304 g/mol. The van der Waals surface area contributed by atoms with Crippen molar-refractivity contribution in [3.63, 3.8) is 0 Å². The van der Waals surface area contributed by atoms with Crippen LogP contribution in [-0.4, -0.2) is 32.9 Å². The molecule has 4 nitrogen and oxygen atoms in total. The third-order valence-corrected chi connectivity index (χ3v) is 6.58. The van der Waals surface area contributed by atoms with Gasteiger partial charge in [0.25, 0.3) is 0 Å². The summed E-state index contributed by atoms with van der Waals surface area (Å²) in [7, 11) is -1.67. The molecule has 0 unspecified atom stereocenters. The molecule has 0 aliphatic heterocycles. The van der Waals surface area contributed by atoms with E-state index in [-0.39, 0.29) is 0 Å². The molecule has 1 rings (SSSR count). The number of nitrogens with zero attached hydrogens (tertiary/aromatic N) is 1. The Balaban J connectivity index is 2.78. The van der Waals surface area contributed by atoms with Crippen LogP contribution < -0.4 is 5.32 Å². The van der Waals surface area contributed by atoms with Crippen molar-refractivity contribution in [3.8, 4) is 0 Å². The largest absolute Gasteiger partial charge is 0.312 e. The van der Waals surface area contributed by atoms with E-state index in [9.17, 15) is 8.42 Å². The van der Waals surface area contributed by atoms with Crippen LogP contribution in [0.15, 0.2) is 11.0 Å². The summed E-state index contributed by atoms with van der Waals surface area (Å²) in [5.74, 6) is 0. The molecule has 1 aromatic rings. The number of thiophene rings is 1. The molecule has 0 amide bonds. The Kier molecular flexibility index (Phi) is 7.87. The highest BCUT2D eigenvalue weighted by Crippen LogP contribution is 2.28. The highest BCUT2D eigenvalue weighted by molar-refractivity contribution is 7.89. The fourth-order valence-corrected chi connectivity index (χ4v) is 4.91. The molecule has 1 N–H and O–H groups in total. The highest BCUT2D eigenvalue weighted by atomic mass is 32.2. The van der Waals surface area contributed by atoms with Crippen LogP contribution in [0.4, 0.5) is 0 Å². The van der Waals surface area contributed by atoms with Crippen molar-refractivity contribution in [1.82, 2.24) is 9.62 Å². The van der Waals surface area contributed by atoms with E-state index < -0.39 is 10.0 Å². The second-order valence-corrected chi connectivity index (χ2v) is 8.70. The minimum Gasteiger partial charge on any atom is -0.312 e. The zero-order valence-electron chi connectivity index (χ0n) is 13.6. The molecule has 0 saturated heterocycles. The Labute approximate surface area is 133 Å². The van der Waals surface area contributed by atoms with Crippen molar-refractivity contribution < 1.29 is 8.42 Å². The Morgan fingerprint density at radius 2 is 1.95 bits per heavy atom. The molecule has 0 radical (unpaired) electrons. The molecule has 0 aromatic carbocycles. The molecule has 0 aliphatic rings. The van der Waals surface area contributed by atoms with Gasteiger partial charge in [0, 0.05) is 29.9 Å². The van der Waals surface area contributed by atoms with Gasteiger partial charge in [0.05, 0.1) is 4.90 Å². The lowest BCUT2D eigenvalue weighted by molar-refractivity contribution is 0.454. The summed E-state index contributed by atoms with van der Waals surface area (Å²) in [4.78, 5) is 2.44. The number of hydrogen-bond donors (Lipinski definition) is 1. The number of unbranched alkanes of at least 4 members (excludes halogenated alkanes) is 2. The summed E-state index contributed by atoms with van der Waals surface area (Å²) >= 11 is 1.57. The van der Waals surface area contributed by atoms with E-state index in [0.717, 1.165) is 48.5 Å². The van der Waals surface area contributed by atoms with E-state index in [1.54, 1.807) is 18.4 Å². The summed E-state index contributed by atoms with van der Waals surface area (Å²) in [6, 6.07) is 1.83. The topological polar surface area (TPSA) is 49.4 Å². The van der Waals surface area contributed by atoms with Crippen LogP contribution in [0.2, 0.25) is 0 Å². The summed E-state index contributed by atoms with van der Waals surface area (Å²) < 4.78 is 26.7. The third-order valence-electron chi connectivity index (χ3n) is 3.41. The summed E-state index contributed by atoms with van der Waals surface area (Å²) in [6.45, 7) is 8.42. The minimum atomic E-state index is -3.34. The lowest BCUT2D eigenvalue weighted by Gasteiger charge is -2.16. The molecule has 1 aromatic heterocycles. The molecule has 0 saturated carbocycles. The zero-order chi connectivity index (χ0) is 15.9. The maximum atomic E-state index is 12.6. The SMILES string of the molecule is CCCCCN(C)S(=O)(=O)c1cc(CNCCC)sc1C. The second kappa shape index (κ2) is 8.88. The lowest BCUT2D eigenvalue weighted by Crippen LogP contribution is -2.28. The van der Waals surface area contributed by atoms with E-state index in [4.69, 9.17) is 0 Å². The predicted molar refractivity (Wildman–Crippen MR) is 90.4 cm³/mol. The summed E-state index contributed by atoms with van der Waals surface area (Å²) in [5, 5.41) is 3.32. The molecule has 0 bridgehead atoms. The van der Waals surface area contributed by atoms with Gasteiger partial charge in [-0.15, -0.1) is 11.3 Å². The van der Waals surface area contributed by atoms with E-state index >= 15 is 0 Å². The standard InChI is InChI=1S/C15H28N2O2S2/c1-5-7-8-10-17(4)21(18,19)15-11-14(20-13(15)3)12-16-9-6-2/h11,16H,5-10,12H2,1-4H3. The van der Waals surface area contributed by atoms with Crippen LogP contribution in [0.3, 0.4) is 0 Å². The number of hydrogen-bond acceptors (Lipinski definition) is 4. The van der Waals surface area contributed by atoms with Crippen molar-refractivity contribution in [2.24, 2.45) is 0 Å². The summed E-state index contributed by atoms with van der Waals surface area (Å²) in [5.41, 5.74) is 0. The number of nitrogens with one attached hydrogen (secondary N) is 1. The van der Waals surface area contributed by atoms with Crippen molar-refractivity contribution in [2.75, 3.05) is 20.1 Å². The van der Waals surface area contributed by atoms with Gasteiger partial charge in [-0.1, -0.05) is 26.7 Å². The highest BCUT2D eigenvalue weighted by Gasteiger charge is 2.24. The predicted octanol–water partition coefficient (Wildman–Crippen LogP) is 3.37. The first-order valence-corrected chi connectivity index (χ1v) is 9.95. The minimum absolute atomic E-state index is 0.472. The molecule has 0 spiro atoms. The third kappa shape index (κ3) is 5.36. The first-order valence-electron chi connectivity index (χ1n) is 7.69. The molecule has 1 heterocycles. The van der Waals surface area contributed by atoms with E-state index in [1.165, 1.54) is 4.31 Å². The van der Waals surface area contributed by atoms with E-state index in [2.05, 4.69) is 19.2 Å². The Bertz CT molecular complexity index is 524. The monoisotopic (exact) mass is 332 g/mol. The molecule has 122 valence electrons. The zero-order valence-corrected chi connectivity index (χ0v) is 15.2. The van der Waals surface area contributed by atoms with Gasteiger partial charge in [0.15, 0.2) is 0 Å². The van der Waals surface area contributed by atoms with Crippen LogP contribution in [-0.2, 0) is 16.6 Å². The first kappa shape index (κ1) is 18.6. The van der Waals surface area contributed by atoms with E-state index in [1.807, 2.05) is 13.0 Å². The quantitative estimate of drug-likeness (QED) is 0.668. The first-order chi connectivity index (χ1) is 9.93. The van der Waals surface area contributed by atoms with Gasteiger partial charge in [-0.05, 0) is 32.4 Å². The van der Waals surface area contributed by atoms with Crippen molar-refractivity contribution in [2.45, 2.75) is 57.9 Å². The van der Waals surface area contributed by atoms with Crippen LogP contribution in [0.5, 0.6) is 0 Å².